The Labute approximate surface area is 235 Å². The van der Waals surface area contributed by atoms with Crippen LogP contribution >= 0.6 is 9.24 Å². The molecule has 2 aromatic rings. The Balaban J connectivity index is 1.83. The van der Waals surface area contributed by atoms with Crippen molar-refractivity contribution in [2.45, 2.75) is 83.3 Å². The van der Waals surface area contributed by atoms with Crippen molar-refractivity contribution in [3.63, 3.8) is 0 Å². The molecule has 210 valence electrons. The van der Waals surface area contributed by atoms with Gasteiger partial charge in [0, 0.05) is 49.5 Å². The number of unbranched alkanes of at least 4 members (excludes halogenated alkanes) is 1. The van der Waals surface area contributed by atoms with Gasteiger partial charge in [-0.15, -0.1) is 9.24 Å². The summed E-state index contributed by atoms with van der Waals surface area (Å²) in [4.78, 5) is 50.1. The first-order chi connectivity index (χ1) is 19.0. The molecule has 0 saturated carbocycles. The summed E-state index contributed by atoms with van der Waals surface area (Å²) in [6.07, 6.45) is 4.16. The van der Waals surface area contributed by atoms with Gasteiger partial charge in [-0.1, -0.05) is 56.7 Å². The number of nitrogens with one attached hydrogen (secondary N) is 1. The molecule has 0 bridgehead atoms. The van der Waals surface area contributed by atoms with E-state index >= 15 is 0 Å². The molecule has 0 aliphatic heterocycles. The summed E-state index contributed by atoms with van der Waals surface area (Å²) in [5, 5.41) is 2.82. The normalized spacial score (nSPS) is 15.5. The van der Waals surface area contributed by atoms with Crippen molar-refractivity contribution in [2.75, 3.05) is 13.2 Å². The van der Waals surface area contributed by atoms with Crippen LogP contribution in [0.5, 0.6) is 0 Å². The number of carbonyl (C=O) groups is 4. The second kappa shape index (κ2) is 15.0. The van der Waals surface area contributed by atoms with E-state index in [1.54, 1.807) is 0 Å². The van der Waals surface area contributed by atoms with Crippen LogP contribution in [0, 0.1) is 0 Å². The first-order valence-electron chi connectivity index (χ1n) is 14.3. The number of esters is 1. The van der Waals surface area contributed by atoms with Crippen LogP contribution in [0.25, 0.3) is 11.1 Å². The summed E-state index contributed by atoms with van der Waals surface area (Å²) in [5.41, 5.74) is 10.7. The van der Waals surface area contributed by atoms with Crippen LogP contribution in [0.3, 0.4) is 0 Å². The van der Waals surface area contributed by atoms with Crippen molar-refractivity contribution in [3.8, 4) is 11.1 Å². The number of ether oxygens (including phenoxy) is 1. The Morgan fingerprint density at radius 1 is 1.05 bits per heavy atom. The molecule has 0 heterocycles. The predicted octanol–water partition coefficient (Wildman–Crippen LogP) is 5.07. The van der Waals surface area contributed by atoms with E-state index < -0.39 is 11.7 Å². The number of rotatable bonds is 16. The topological polar surface area (TPSA) is 116 Å². The number of carbonyl (C=O) groups excluding carboxylic acids is 4. The third-order valence-corrected chi connectivity index (χ3v) is 7.09. The van der Waals surface area contributed by atoms with Gasteiger partial charge >= 0.3 is 5.97 Å². The van der Waals surface area contributed by atoms with Crippen molar-refractivity contribution >= 4 is 32.7 Å². The lowest BCUT2D eigenvalue weighted by molar-refractivity contribution is -0.143. The van der Waals surface area contributed by atoms with E-state index in [-0.39, 0.29) is 42.8 Å². The summed E-state index contributed by atoms with van der Waals surface area (Å²) in [6.45, 7) is 4.72. The number of amides is 1. The molecule has 0 aromatic heterocycles. The Kier molecular flexibility index (Phi) is 11.2. The zero-order valence-corrected chi connectivity index (χ0v) is 24.2. The fourth-order valence-electron chi connectivity index (χ4n) is 4.96. The van der Waals surface area contributed by atoms with E-state index in [1.165, 1.54) is 0 Å². The number of nitrogens with two attached hydrogens (primary N) is 1. The molecule has 2 aromatic carbocycles. The van der Waals surface area contributed by atoms with Crippen LogP contribution in [0.4, 0.5) is 0 Å². The van der Waals surface area contributed by atoms with E-state index in [0.717, 1.165) is 47.1 Å². The molecule has 3 N–H and O–H groups in total. The molecule has 8 heteroatoms. The van der Waals surface area contributed by atoms with Gasteiger partial charge in [0.05, 0.1) is 7.79 Å². The molecule has 7 nitrogen and oxygen atoms in total. The van der Waals surface area contributed by atoms with Crippen LogP contribution in [0.2, 0.25) is 0 Å². The maximum Gasteiger partial charge on any atom is 0.307 e. The van der Waals surface area contributed by atoms with Gasteiger partial charge in [0.1, 0.15) is 12.4 Å². The Morgan fingerprint density at radius 3 is 2.56 bits per heavy atom. The van der Waals surface area contributed by atoms with Crippen molar-refractivity contribution in [2.24, 2.45) is 5.73 Å². The predicted molar refractivity (Wildman–Crippen MR) is 157 cm³/mol. The van der Waals surface area contributed by atoms with Crippen LogP contribution in [-0.4, -0.2) is 42.4 Å². The van der Waals surface area contributed by atoms with Gasteiger partial charge in [-0.05, 0) is 47.1 Å². The molecule has 0 spiro atoms. The molecule has 39 heavy (non-hydrogen) atoms. The first-order valence-corrected chi connectivity index (χ1v) is 14.4. The molecule has 0 radical (unpaired) electrons. The Hall–Kier alpha value is -2.89. The maximum absolute atomic E-state index is 13.1. The highest BCUT2D eigenvalue weighted by Gasteiger charge is 2.33. The van der Waals surface area contributed by atoms with Gasteiger partial charge in [0.2, 0.25) is 5.91 Å². The highest BCUT2D eigenvalue weighted by atomic mass is 31.0. The van der Waals surface area contributed by atoms with E-state index in [1.807, 2.05) is 50.2 Å². The quantitative estimate of drug-likeness (QED) is 0.170. The van der Waals surface area contributed by atoms with Crippen molar-refractivity contribution < 1.29 is 25.3 Å². The molecule has 1 aliphatic carbocycles. The first kappa shape index (κ1) is 29.1. The lowest BCUT2D eigenvalue weighted by Crippen LogP contribution is -2.23. The number of Topliss-reactive ketones (excluding diaryl/α,β-unsaturated/α-hetero) is 2. The van der Waals surface area contributed by atoms with E-state index in [0.29, 0.717) is 37.8 Å². The molecule has 0 fully saturated rings. The van der Waals surface area contributed by atoms with Crippen LogP contribution in [-0.2, 0) is 25.5 Å². The average molecular weight is 554 g/mol. The standard InChI is InChI=1S/C31H41N2O5P/c1-3-5-11-27(35)24-10-7-9-22-26(19-38-30(37)18-28(32)39)25-17-20(13-14-23(25)31(22)24)16-21(34)8-6-12-29(36)33-15-4-2/h7,9-10,13-14,17,26,28H,3-6,8,11-12,15-16,18-19,32,39H2,1-2H3,(H,33,36)/i28D. The minimum Gasteiger partial charge on any atom is -0.465 e. The van der Waals surface area contributed by atoms with Gasteiger partial charge in [0.25, 0.3) is 0 Å². The molecule has 0 saturated heterocycles. The summed E-state index contributed by atoms with van der Waals surface area (Å²) in [6, 6.07) is 11.5. The van der Waals surface area contributed by atoms with Crippen molar-refractivity contribution in [1.29, 1.82) is 0 Å². The molecular weight excluding hydrogens is 511 g/mol. The third-order valence-electron chi connectivity index (χ3n) is 6.88. The minimum absolute atomic E-state index is 0.0365. The van der Waals surface area contributed by atoms with Gasteiger partial charge < -0.3 is 15.8 Å². The van der Waals surface area contributed by atoms with Crippen LogP contribution in [0.15, 0.2) is 36.4 Å². The second-order valence-corrected chi connectivity index (χ2v) is 10.9. The van der Waals surface area contributed by atoms with Crippen molar-refractivity contribution in [1.82, 2.24) is 5.32 Å². The Bertz CT molecular complexity index is 1240. The van der Waals surface area contributed by atoms with E-state index in [9.17, 15) is 19.2 Å². The lowest BCUT2D eigenvalue weighted by Gasteiger charge is -2.16. The van der Waals surface area contributed by atoms with Gasteiger partial charge in [-0.2, -0.15) is 0 Å². The third kappa shape index (κ3) is 8.55. The monoisotopic (exact) mass is 553 g/mol. The van der Waals surface area contributed by atoms with Gasteiger partial charge in [-0.25, -0.2) is 0 Å². The van der Waals surface area contributed by atoms with E-state index in [4.69, 9.17) is 11.8 Å². The van der Waals surface area contributed by atoms with E-state index in [2.05, 4.69) is 14.6 Å². The maximum atomic E-state index is 13.1. The van der Waals surface area contributed by atoms with Gasteiger partial charge in [0.15, 0.2) is 5.78 Å². The summed E-state index contributed by atoms with van der Waals surface area (Å²) >= 11 is 0. The fraction of sp³-hybridized carbons (Fsp3) is 0.484. The largest absolute Gasteiger partial charge is 0.465 e. The van der Waals surface area contributed by atoms with Crippen LogP contribution < -0.4 is 11.1 Å². The number of hydrogen-bond acceptors (Lipinski definition) is 6. The molecule has 1 aliphatic rings. The Morgan fingerprint density at radius 2 is 1.85 bits per heavy atom. The highest BCUT2D eigenvalue weighted by molar-refractivity contribution is 7.17. The second-order valence-electron chi connectivity index (χ2n) is 10.1. The van der Waals surface area contributed by atoms with Crippen LogP contribution in [0.1, 0.15) is 99.6 Å². The number of benzene rings is 2. The van der Waals surface area contributed by atoms with Gasteiger partial charge in [-0.3, -0.25) is 19.2 Å². The average Bonchev–Trinajstić information content (AvgIpc) is 3.21. The molecular formula is C31H41N2O5P. The lowest BCUT2D eigenvalue weighted by atomic mass is 9.93. The SMILES string of the molecule is [2H]C(N)(P)CC(=O)OCC1c2cc(CC(=O)CCCC(=O)NCCC)ccc2-c2c(C(=O)CCCC)cccc21. The molecule has 3 rings (SSSR count). The summed E-state index contributed by atoms with van der Waals surface area (Å²) in [7, 11) is 2.12. The number of ketones is 2. The summed E-state index contributed by atoms with van der Waals surface area (Å²) in [5.74, 6) is -2.31. The smallest absolute Gasteiger partial charge is 0.307 e. The minimum atomic E-state index is -1.51. The highest BCUT2D eigenvalue weighted by Crippen LogP contribution is 2.47. The number of fused-ring (bicyclic) bond motifs is 3. The zero-order valence-electron chi connectivity index (χ0n) is 24.0. The number of hydrogen-bond donors (Lipinski definition) is 2. The molecule has 3 atom stereocenters. The fourth-order valence-corrected chi connectivity index (χ4v) is 5.13. The zero-order chi connectivity index (χ0) is 29.3. The molecule has 1 amide bonds. The summed E-state index contributed by atoms with van der Waals surface area (Å²) < 4.78 is 13.3. The van der Waals surface area contributed by atoms with Crippen molar-refractivity contribution in [3.05, 3.63) is 58.7 Å². The molecule has 3 unspecified atom stereocenters.